The van der Waals surface area contributed by atoms with Gasteiger partial charge in [-0.05, 0) is 81.3 Å². The topological polar surface area (TPSA) is 6.48 Å². The van der Waals surface area contributed by atoms with Gasteiger partial charge in [-0.15, -0.1) is 0 Å². The van der Waals surface area contributed by atoms with Crippen LogP contribution >= 0.6 is 27.3 Å². The summed E-state index contributed by atoms with van der Waals surface area (Å²) in [6.07, 6.45) is 24.2. The zero-order chi connectivity index (χ0) is 24.5. The second-order valence-corrected chi connectivity index (χ2v) is 16.6. The molecule has 0 spiro atoms. The molecular formula is C28H47Cl2N2PRu. The quantitative estimate of drug-likeness (QED) is 0.230. The fourth-order valence-electron chi connectivity index (χ4n) is 6.82. The number of likely N-dealkylation sites (N-methyl/N-ethyl adjacent to an activating group) is 2. The maximum absolute atomic E-state index is 4.85. The Hall–Kier alpha value is 0.453. The van der Waals surface area contributed by atoms with Crippen LogP contribution in [0.15, 0.2) is 34.7 Å². The summed E-state index contributed by atoms with van der Waals surface area (Å²) >= 11 is -0.346. The number of allylic oxidation sites excluding steroid dienone is 5. The Balaban J connectivity index is 0.00000103. The van der Waals surface area contributed by atoms with E-state index in [2.05, 4.69) is 49.9 Å². The molecule has 0 aromatic rings. The summed E-state index contributed by atoms with van der Waals surface area (Å²) in [5.41, 5.74) is 7.82. The molecule has 1 aliphatic heterocycles. The molecule has 1 unspecified atom stereocenters. The first-order valence-corrected chi connectivity index (χ1v) is 19.6. The molecule has 1 heterocycles. The van der Waals surface area contributed by atoms with Crippen LogP contribution in [0, 0.1) is 0 Å². The van der Waals surface area contributed by atoms with E-state index in [1.807, 2.05) is 0 Å². The summed E-state index contributed by atoms with van der Waals surface area (Å²) in [4.78, 5) is 5.08. The molecule has 2 nitrogen and oxygen atoms in total. The van der Waals surface area contributed by atoms with Crippen molar-refractivity contribution in [3.05, 3.63) is 34.7 Å². The van der Waals surface area contributed by atoms with Gasteiger partial charge in [0.1, 0.15) is 5.82 Å². The summed E-state index contributed by atoms with van der Waals surface area (Å²) in [6.45, 7) is 6.88. The van der Waals surface area contributed by atoms with E-state index >= 15 is 0 Å². The SMILES string of the molecule is CC(C)=CC=C1C(=C2N(C)CCN2C)CCCC1P(C1CCCCC1)C1CCCCC1.[Cl][Ru][Cl]. The molecule has 196 valence electrons. The molecule has 0 N–H and O–H groups in total. The average Bonchev–Trinajstić information content (AvgIpc) is 3.17. The molecule has 0 amide bonds. The van der Waals surface area contributed by atoms with Crippen LogP contribution in [0.2, 0.25) is 0 Å². The fourth-order valence-corrected chi connectivity index (χ4v) is 11.4. The number of halogens is 2. The molecule has 4 rings (SSSR count). The first-order valence-electron chi connectivity index (χ1n) is 13.6. The van der Waals surface area contributed by atoms with Crippen molar-refractivity contribution in [2.45, 2.75) is 114 Å². The average molecular weight is 615 g/mol. The minimum absolute atomic E-state index is 0.0764. The van der Waals surface area contributed by atoms with Crippen LogP contribution in [0.5, 0.6) is 0 Å². The maximum atomic E-state index is 4.85. The van der Waals surface area contributed by atoms with Gasteiger partial charge in [-0.25, -0.2) is 0 Å². The van der Waals surface area contributed by atoms with Crippen LogP contribution < -0.4 is 0 Å². The third-order valence-electron chi connectivity index (χ3n) is 8.32. The molecule has 0 radical (unpaired) electrons. The second-order valence-electron chi connectivity index (χ2n) is 11.0. The van der Waals surface area contributed by atoms with Crippen LogP contribution in [-0.4, -0.2) is 54.0 Å². The fraction of sp³-hybridized carbons (Fsp3) is 0.786. The first kappa shape index (κ1) is 29.0. The van der Waals surface area contributed by atoms with E-state index in [-0.39, 0.29) is 23.1 Å². The van der Waals surface area contributed by atoms with Gasteiger partial charge in [-0.1, -0.05) is 64.2 Å². The third kappa shape index (κ3) is 7.73. The monoisotopic (exact) mass is 614 g/mol. The second kappa shape index (κ2) is 15.0. The van der Waals surface area contributed by atoms with E-state index in [1.165, 1.54) is 102 Å². The van der Waals surface area contributed by atoms with Gasteiger partial charge in [0, 0.05) is 32.8 Å². The summed E-state index contributed by atoms with van der Waals surface area (Å²) in [7, 11) is 14.4. The first-order chi connectivity index (χ1) is 16.5. The van der Waals surface area contributed by atoms with E-state index in [0.717, 1.165) is 17.0 Å². The zero-order valence-corrected chi connectivity index (χ0v) is 26.1. The van der Waals surface area contributed by atoms with Crippen molar-refractivity contribution in [2.24, 2.45) is 0 Å². The van der Waals surface area contributed by atoms with Gasteiger partial charge in [-0.3, -0.25) is 0 Å². The Kier molecular flexibility index (Phi) is 12.8. The van der Waals surface area contributed by atoms with E-state index in [1.54, 1.807) is 17.0 Å². The Morgan fingerprint density at radius 3 is 1.79 bits per heavy atom. The van der Waals surface area contributed by atoms with Crippen molar-refractivity contribution >= 4 is 27.3 Å². The van der Waals surface area contributed by atoms with Gasteiger partial charge in [0.25, 0.3) is 0 Å². The van der Waals surface area contributed by atoms with Gasteiger partial charge in [0.15, 0.2) is 0 Å². The van der Waals surface area contributed by atoms with Crippen molar-refractivity contribution in [3.63, 3.8) is 0 Å². The van der Waals surface area contributed by atoms with E-state index < -0.39 is 0 Å². The summed E-state index contributed by atoms with van der Waals surface area (Å²) in [5, 5.41) is 0. The normalized spacial score (nSPS) is 26.3. The molecule has 4 fully saturated rings. The van der Waals surface area contributed by atoms with Gasteiger partial charge >= 0.3 is 34.5 Å². The van der Waals surface area contributed by atoms with Crippen LogP contribution in [-0.2, 0) is 15.1 Å². The van der Waals surface area contributed by atoms with E-state index in [0.29, 0.717) is 0 Å². The Bertz CT molecular complexity index is 692. The number of rotatable bonds is 4. The molecule has 6 heteroatoms. The van der Waals surface area contributed by atoms with Crippen LogP contribution in [0.3, 0.4) is 0 Å². The third-order valence-corrected chi connectivity index (χ3v) is 12.3. The minimum atomic E-state index is -0.346. The Labute approximate surface area is 227 Å². The van der Waals surface area contributed by atoms with Crippen LogP contribution in [0.25, 0.3) is 0 Å². The molecule has 0 aromatic heterocycles. The van der Waals surface area contributed by atoms with Crippen molar-refractivity contribution in [3.8, 4) is 0 Å². The van der Waals surface area contributed by atoms with Gasteiger partial charge in [-0.2, -0.15) is 0 Å². The molecule has 4 aliphatic rings. The summed E-state index contributed by atoms with van der Waals surface area (Å²) < 4.78 is 0. The molecule has 0 bridgehead atoms. The van der Waals surface area contributed by atoms with Crippen molar-refractivity contribution in [1.29, 1.82) is 0 Å². The van der Waals surface area contributed by atoms with Crippen molar-refractivity contribution < 1.29 is 15.1 Å². The number of nitrogens with zero attached hydrogens (tertiary/aromatic N) is 2. The van der Waals surface area contributed by atoms with Crippen molar-refractivity contribution in [2.75, 3.05) is 27.2 Å². The Morgan fingerprint density at radius 2 is 1.32 bits per heavy atom. The predicted molar refractivity (Wildman–Crippen MR) is 150 cm³/mol. The summed E-state index contributed by atoms with van der Waals surface area (Å²) in [5.74, 6) is 1.54. The molecule has 3 aliphatic carbocycles. The zero-order valence-electron chi connectivity index (χ0n) is 21.9. The standard InChI is InChI=1S/C28H47N2P.2ClH.Ru/c1-22(2)18-19-25-26(28-29(3)20-21-30(28)4)16-11-17-27(25)31(23-12-7-5-8-13-23)24-14-9-6-10-15-24;;;/h18-19,23-24,27H,5-17,20-21H2,1-4H3;2*1H;/q;;;+2/p-2. The van der Waals surface area contributed by atoms with Crippen LogP contribution in [0.4, 0.5) is 0 Å². The van der Waals surface area contributed by atoms with Gasteiger partial charge < -0.3 is 9.80 Å². The number of hydrogen-bond donors (Lipinski definition) is 0. The molecule has 1 atom stereocenters. The summed E-state index contributed by atoms with van der Waals surface area (Å²) in [6, 6.07) is 0. The van der Waals surface area contributed by atoms with Gasteiger partial charge in [0.2, 0.25) is 0 Å². The van der Waals surface area contributed by atoms with Gasteiger partial charge in [0.05, 0.1) is 0 Å². The van der Waals surface area contributed by atoms with Crippen LogP contribution in [0.1, 0.15) is 97.3 Å². The molecule has 34 heavy (non-hydrogen) atoms. The molecule has 3 saturated carbocycles. The molecule has 1 saturated heterocycles. The van der Waals surface area contributed by atoms with E-state index in [4.69, 9.17) is 19.4 Å². The van der Waals surface area contributed by atoms with E-state index in [9.17, 15) is 0 Å². The molecular weight excluding hydrogens is 567 g/mol. The molecule has 0 aromatic carbocycles. The predicted octanol–water partition coefficient (Wildman–Crippen LogP) is 9.04. The van der Waals surface area contributed by atoms with Crippen molar-refractivity contribution in [1.82, 2.24) is 9.80 Å². The Morgan fingerprint density at radius 1 is 0.824 bits per heavy atom. The number of hydrogen-bond acceptors (Lipinski definition) is 2.